The largest absolute Gasteiger partial charge is 0.491 e. The van der Waals surface area contributed by atoms with Crippen LogP contribution in [0.5, 0.6) is 5.75 Å². The Bertz CT molecular complexity index is 941. The molecule has 0 aliphatic carbocycles. The minimum absolute atomic E-state index is 0.126. The molecule has 2 N–H and O–H groups in total. The van der Waals surface area contributed by atoms with Crippen molar-refractivity contribution in [3.63, 3.8) is 0 Å². The summed E-state index contributed by atoms with van der Waals surface area (Å²) in [4.78, 5) is 21.1. The lowest BCUT2D eigenvalue weighted by Crippen LogP contribution is -2.27. The molecule has 1 amide bonds. The van der Waals surface area contributed by atoms with Gasteiger partial charge in [-0.25, -0.2) is 9.97 Å². The van der Waals surface area contributed by atoms with E-state index in [1.54, 1.807) is 13.0 Å². The van der Waals surface area contributed by atoms with Crippen LogP contribution in [0.1, 0.15) is 35.7 Å². The molecule has 0 aliphatic rings. The second-order valence-corrected chi connectivity index (χ2v) is 6.99. The van der Waals surface area contributed by atoms with Gasteiger partial charge in [-0.1, -0.05) is 30.3 Å². The summed E-state index contributed by atoms with van der Waals surface area (Å²) in [6.45, 7) is 6.29. The molecule has 0 saturated heterocycles. The lowest BCUT2D eigenvalue weighted by molar-refractivity contribution is 0.0949. The van der Waals surface area contributed by atoms with Crippen molar-refractivity contribution in [2.45, 2.75) is 33.3 Å². The number of hydrogen-bond acceptors (Lipinski definition) is 5. The minimum Gasteiger partial charge on any atom is -0.491 e. The van der Waals surface area contributed by atoms with Crippen molar-refractivity contribution in [1.82, 2.24) is 15.3 Å². The number of rotatable bonds is 8. The van der Waals surface area contributed by atoms with Gasteiger partial charge < -0.3 is 15.4 Å². The summed E-state index contributed by atoms with van der Waals surface area (Å²) in [6, 6.07) is 19.3. The highest BCUT2D eigenvalue weighted by atomic mass is 16.5. The number of amides is 1. The Balaban J connectivity index is 1.62. The van der Waals surface area contributed by atoms with E-state index >= 15 is 0 Å². The number of benzene rings is 2. The third-order valence-corrected chi connectivity index (χ3v) is 4.11. The van der Waals surface area contributed by atoms with Gasteiger partial charge in [0.1, 0.15) is 23.1 Å². The molecule has 6 heteroatoms. The summed E-state index contributed by atoms with van der Waals surface area (Å²) in [5.41, 5.74) is 2.38. The number of anilines is 2. The molecule has 6 nitrogen and oxygen atoms in total. The van der Waals surface area contributed by atoms with E-state index in [1.165, 1.54) is 5.56 Å². The average Bonchev–Trinajstić information content (AvgIpc) is 2.69. The van der Waals surface area contributed by atoms with Gasteiger partial charge in [0.15, 0.2) is 0 Å². The zero-order valence-electron chi connectivity index (χ0n) is 17.0. The van der Waals surface area contributed by atoms with Crippen LogP contribution < -0.4 is 15.4 Å². The van der Waals surface area contributed by atoms with Crippen LogP contribution in [0.25, 0.3) is 0 Å². The van der Waals surface area contributed by atoms with Crippen LogP contribution in [0.15, 0.2) is 60.7 Å². The first-order valence-corrected chi connectivity index (χ1v) is 9.71. The van der Waals surface area contributed by atoms with Crippen LogP contribution in [0, 0.1) is 6.92 Å². The third kappa shape index (κ3) is 6.31. The van der Waals surface area contributed by atoms with E-state index in [0.29, 0.717) is 23.9 Å². The number of ether oxygens (including phenoxy) is 1. The summed E-state index contributed by atoms with van der Waals surface area (Å²) in [7, 11) is 0. The number of aryl methyl sites for hydroxylation is 1. The smallest absolute Gasteiger partial charge is 0.270 e. The van der Waals surface area contributed by atoms with Gasteiger partial charge in [-0.05, 0) is 57.0 Å². The van der Waals surface area contributed by atoms with E-state index < -0.39 is 0 Å². The molecule has 3 rings (SSSR count). The third-order valence-electron chi connectivity index (χ3n) is 4.11. The van der Waals surface area contributed by atoms with E-state index in [2.05, 4.69) is 20.6 Å². The maximum absolute atomic E-state index is 12.5. The molecule has 29 heavy (non-hydrogen) atoms. The first-order chi connectivity index (χ1) is 14.0. The fraction of sp³-hybridized carbons (Fsp3) is 0.261. The minimum atomic E-state index is -0.213. The fourth-order valence-electron chi connectivity index (χ4n) is 2.84. The number of carbonyl (C=O) groups excluding carboxylic acids is 1. The van der Waals surface area contributed by atoms with Crippen molar-refractivity contribution in [3.05, 3.63) is 77.7 Å². The summed E-state index contributed by atoms with van der Waals surface area (Å²) in [5, 5.41) is 6.13. The quantitative estimate of drug-likeness (QED) is 0.600. The molecule has 0 atom stereocenters. The van der Waals surface area contributed by atoms with Gasteiger partial charge in [-0.2, -0.15) is 0 Å². The van der Waals surface area contributed by atoms with Crippen molar-refractivity contribution >= 4 is 17.4 Å². The summed E-state index contributed by atoms with van der Waals surface area (Å²) < 4.78 is 5.65. The van der Waals surface area contributed by atoms with Crippen LogP contribution in [-0.4, -0.2) is 28.5 Å². The van der Waals surface area contributed by atoms with Gasteiger partial charge in [-0.15, -0.1) is 0 Å². The van der Waals surface area contributed by atoms with Gasteiger partial charge in [0.25, 0.3) is 5.91 Å². The molecule has 0 fully saturated rings. The van der Waals surface area contributed by atoms with Crippen LogP contribution >= 0.6 is 0 Å². The van der Waals surface area contributed by atoms with Gasteiger partial charge in [0.05, 0.1) is 6.10 Å². The highest BCUT2D eigenvalue weighted by molar-refractivity contribution is 5.93. The molecular formula is C23H26N4O2. The standard InChI is InChI=1S/C23H26N4O2/c1-16(2)29-20-11-9-19(10-12-20)27-22-15-21(25-17(3)26-22)23(28)24-14-13-18-7-5-4-6-8-18/h4-12,15-16H,13-14H2,1-3H3,(H,24,28)(H,25,26,27). The lowest BCUT2D eigenvalue weighted by atomic mass is 10.1. The van der Waals surface area contributed by atoms with E-state index in [1.807, 2.05) is 68.4 Å². The predicted molar refractivity (Wildman–Crippen MR) is 115 cm³/mol. The number of nitrogens with one attached hydrogen (secondary N) is 2. The van der Waals surface area contributed by atoms with Crippen molar-refractivity contribution in [1.29, 1.82) is 0 Å². The Morgan fingerprint density at radius 3 is 2.45 bits per heavy atom. The van der Waals surface area contributed by atoms with Crippen molar-refractivity contribution in [2.75, 3.05) is 11.9 Å². The zero-order chi connectivity index (χ0) is 20.6. The van der Waals surface area contributed by atoms with Gasteiger partial charge in [0.2, 0.25) is 0 Å². The zero-order valence-corrected chi connectivity index (χ0v) is 17.0. The molecule has 1 aromatic heterocycles. The van der Waals surface area contributed by atoms with Crippen molar-refractivity contribution in [2.24, 2.45) is 0 Å². The van der Waals surface area contributed by atoms with Gasteiger partial charge in [-0.3, -0.25) is 4.79 Å². The highest BCUT2D eigenvalue weighted by Crippen LogP contribution is 2.20. The molecule has 0 radical (unpaired) electrons. The summed E-state index contributed by atoms with van der Waals surface area (Å²) >= 11 is 0. The first-order valence-electron chi connectivity index (χ1n) is 9.71. The molecular weight excluding hydrogens is 364 g/mol. The summed E-state index contributed by atoms with van der Waals surface area (Å²) in [6.07, 6.45) is 0.897. The molecule has 0 bridgehead atoms. The van der Waals surface area contributed by atoms with Gasteiger partial charge >= 0.3 is 0 Å². The van der Waals surface area contributed by atoms with E-state index in [9.17, 15) is 4.79 Å². The normalized spacial score (nSPS) is 10.6. The van der Waals surface area contributed by atoms with Crippen LogP contribution in [0.3, 0.4) is 0 Å². The summed E-state index contributed by atoms with van der Waals surface area (Å²) in [5.74, 6) is 1.70. The molecule has 0 saturated carbocycles. The molecule has 0 unspecified atom stereocenters. The van der Waals surface area contributed by atoms with E-state index in [4.69, 9.17) is 4.74 Å². The van der Waals surface area contributed by atoms with Gasteiger partial charge in [0, 0.05) is 18.3 Å². The molecule has 2 aromatic carbocycles. The monoisotopic (exact) mass is 390 g/mol. The second-order valence-electron chi connectivity index (χ2n) is 6.99. The fourth-order valence-corrected chi connectivity index (χ4v) is 2.84. The Kier molecular flexibility index (Phi) is 6.79. The Morgan fingerprint density at radius 1 is 1.03 bits per heavy atom. The van der Waals surface area contributed by atoms with Crippen LogP contribution in [-0.2, 0) is 6.42 Å². The lowest BCUT2D eigenvalue weighted by Gasteiger charge is -2.12. The molecule has 0 aliphatic heterocycles. The number of nitrogens with zero attached hydrogens (tertiary/aromatic N) is 2. The van der Waals surface area contributed by atoms with E-state index in [-0.39, 0.29) is 12.0 Å². The van der Waals surface area contributed by atoms with E-state index in [0.717, 1.165) is 17.9 Å². The SMILES string of the molecule is Cc1nc(Nc2ccc(OC(C)C)cc2)cc(C(=O)NCCc2ccccc2)n1. The average molecular weight is 390 g/mol. The maximum atomic E-state index is 12.5. The molecule has 0 spiro atoms. The van der Waals surface area contributed by atoms with Crippen molar-refractivity contribution < 1.29 is 9.53 Å². The Hall–Kier alpha value is -3.41. The molecule has 150 valence electrons. The Labute approximate surface area is 171 Å². The molecule has 3 aromatic rings. The maximum Gasteiger partial charge on any atom is 0.270 e. The van der Waals surface area contributed by atoms with Crippen LogP contribution in [0.2, 0.25) is 0 Å². The number of hydrogen-bond donors (Lipinski definition) is 2. The second kappa shape index (κ2) is 9.68. The topological polar surface area (TPSA) is 76.1 Å². The first kappa shape index (κ1) is 20.3. The predicted octanol–water partition coefficient (Wildman–Crippen LogP) is 4.29. The Morgan fingerprint density at radius 2 is 1.76 bits per heavy atom. The number of carbonyl (C=O) groups is 1. The number of aromatic nitrogens is 2. The highest BCUT2D eigenvalue weighted by Gasteiger charge is 2.10. The van der Waals surface area contributed by atoms with Crippen molar-refractivity contribution in [3.8, 4) is 5.75 Å². The van der Waals surface area contributed by atoms with Crippen LogP contribution in [0.4, 0.5) is 11.5 Å². The molecule has 1 heterocycles.